The summed E-state index contributed by atoms with van der Waals surface area (Å²) in [6.07, 6.45) is 7.49. The summed E-state index contributed by atoms with van der Waals surface area (Å²) in [4.78, 5) is 15.7. The Kier molecular flexibility index (Phi) is 3.26. The number of aryl methyl sites for hydroxylation is 1. The monoisotopic (exact) mass is 272 g/mol. The second-order valence-electron chi connectivity index (χ2n) is 5.25. The van der Waals surface area contributed by atoms with Crippen LogP contribution in [0.1, 0.15) is 53.3 Å². The quantitative estimate of drug-likeness (QED) is 0.926. The van der Waals surface area contributed by atoms with Crippen LogP contribution in [-0.2, 0) is 0 Å². The van der Waals surface area contributed by atoms with Gasteiger partial charge in [-0.2, -0.15) is 0 Å². The molecule has 5 heteroatoms. The van der Waals surface area contributed by atoms with E-state index in [4.69, 9.17) is 4.52 Å². The topological polar surface area (TPSA) is 76.2 Å². The third-order valence-electron chi connectivity index (χ3n) is 3.95. The van der Waals surface area contributed by atoms with Gasteiger partial charge in [0.15, 0.2) is 5.76 Å². The van der Waals surface area contributed by atoms with Gasteiger partial charge in [0, 0.05) is 23.9 Å². The number of carboxylic acids is 1. The average Bonchev–Trinajstić information content (AvgIpc) is 3.07. The first kappa shape index (κ1) is 12.8. The fourth-order valence-corrected chi connectivity index (χ4v) is 2.87. The van der Waals surface area contributed by atoms with E-state index in [0.29, 0.717) is 11.5 Å². The van der Waals surface area contributed by atoms with Crippen molar-refractivity contribution in [2.45, 2.75) is 38.5 Å². The maximum atomic E-state index is 11.6. The van der Waals surface area contributed by atoms with Crippen LogP contribution < -0.4 is 0 Å². The summed E-state index contributed by atoms with van der Waals surface area (Å²) < 4.78 is 5.39. The van der Waals surface area contributed by atoms with Crippen molar-refractivity contribution < 1.29 is 14.4 Å². The summed E-state index contributed by atoms with van der Waals surface area (Å²) in [5.74, 6) is -0.279. The van der Waals surface area contributed by atoms with Crippen LogP contribution in [0.2, 0.25) is 0 Å². The molecule has 1 fully saturated rings. The van der Waals surface area contributed by atoms with Crippen LogP contribution in [0.5, 0.6) is 0 Å². The van der Waals surface area contributed by atoms with E-state index < -0.39 is 5.97 Å². The Labute approximate surface area is 116 Å². The molecule has 0 atom stereocenters. The van der Waals surface area contributed by atoms with Crippen molar-refractivity contribution in [1.29, 1.82) is 0 Å². The van der Waals surface area contributed by atoms with E-state index in [0.717, 1.165) is 36.8 Å². The highest BCUT2D eigenvalue weighted by atomic mass is 16.5. The van der Waals surface area contributed by atoms with Crippen LogP contribution in [0.3, 0.4) is 0 Å². The van der Waals surface area contributed by atoms with Crippen LogP contribution in [0.4, 0.5) is 0 Å². The molecule has 2 aromatic heterocycles. The molecule has 104 valence electrons. The molecule has 20 heavy (non-hydrogen) atoms. The second-order valence-corrected chi connectivity index (χ2v) is 5.25. The number of hydrogen-bond acceptors (Lipinski definition) is 4. The number of carboxylic acid groups (broad SMARTS) is 1. The Hall–Kier alpha value is -2.17. The molecule has 0 saturated heterocycles. The van der Waals surface area contributed by atoms with Crippen LogP contribution in [-0.4, -0.2) is 21.2 Å². The van der Waals surface area contributed by atoms with Gasteiger partial charge >= 0.3 is 5.97 Å². The molecule has 1 aliphatic carbocycles. The van der Waals surface area contributed by atoms with Crippen LogP contribution in [0.25, 0.3) is 11.3 Å². The van der Waals surface area contributed by atoms with Gasteiger partial charge in [-0.1, -0.05) is 18.0 Å². The normalized spacial score (nSPS) is 15.7. The van der Waals surface area contributed by atoms with Gasteiger partial charge in [0.05, 0.1) is 0 Å². The number of carbonyl (C=O) groups is 1. The highest BCUT2D eigenvalue weighted by Crippen LogP contribution is 2.39. The van der Waals surface area contributed by atoms with E-state index >= 15 is 0 Å². The van der Waals surface area contributed by atoms with Crippen molar-refractivity contribution in [3.63, 3.8) is 0 Å². The molecule has 0 amide bonds. The number of hydrogen-bond donors (Lipinski definition) is 1. The first-order valence-corrected chi connectivity index (χ1v) is 6.82. The van der Waals surface area contributed by atoms with Gasteiger partial charge in [-0.15, -0.1) is 0 Å². The second kappa shape index (κ2) is 5.07. The summed E-state index contributed by atoms with van der Waals surface area (Å²) in [5.41, 5.74) is 2.25. The molecular weight excluding hydrogens is 256 g/mol. The summed E-state index contributed by atoms with van der Waals surface area (Å²) in [6, 6.07) is 1.84. The van der Waals surface area contributed by atoms with Crippen LogP contribution in [0.15, 0.2) is 23.0 Å². The van der Waals surface area contributed by atoms with Crippen molar-refractivity contribution in [2.24, 2.45) is 0 Å². The lowest BCUT2D eigenvalue weighted by molar-refractivity contribution is 0.0694. The fourth-order valence-electron chi connectivity index (χ4n) is 2.87. The van der Waals surface area contributed by atoms with Crippen molar-refractivity contribution >= 4 is 5.97 Å². The molecule has 3 rings (SSSR count). The summed E-state index contributed by atoms with van der Waals surface area (Å²) in [7, 11) is 0. The maximum Gasteiger partial charge on any atom is 0.341 e. The molecule has 5 nitrogen and oxygen atoms in total. The van der Waals surface area contributed by atoms with Gasteiger partial charge in [0.25, 0.3) is 0 Å². The lowest BCUT2D eigenvalue weighted by atomic mass is 9.97. The molecule has 2 aromatic rings. The van der Waals surface area contributed by atoms with E-state index in [9.17, 15) is 9.90 Å². The molecule has 1 saturated carbocycles. The summed E-state index contributed by atoms with van der Waals surface area (Å²) in [6.45, 7) is 1.91. The Morgan fingerprint density at radius 2 is 2.15 bits per heavy atom. The Bertz CT molecular complexity index is 642. The summed E-state index contributed by atoms with van der Waals surface area (Å²) in [5, 5.41) is 13.5. The van der Waals surface area contributed by atoms with Gasteiger partial charge in [-0.3, -0.25) is 4.98 Å². The van der Waals surface area contributed by atoms with E-state index in [1.165, 1.54) is 0 Å². The highest BCUT2D eigenvalue weighted by Gasteiger charge is 2.31. The van der Waals surface area contributed by atoms with Crippen molar-refractivity contribution in [3.8, 4) is 11.3 Å². The number of aromatic nitrogens is 2. The van der Waals surface area contributed by atoms with Gasteiger partial charge in [-0.05, 0) is 31.4 Å². The average molecular weight is 272 g/mol. The summed E-state index contributed by atoms with van der Waals surface area (Å²) >= 11 is 0. The third kappa shape index (κ3) is 2.09. The zero-order valence-corrected chi connectivity index (χ0v) is 11.3. The Morgan fingerprint density at radius 3 is 2.80 bits per heavy atom. The minimum absolute atomic E-state index is 0.180. The first-order valence-electron chi connectivity index (χ1n) is 6.82. The highest BCUT2D eigenvalue weighted by molar-refractivity contribution is 5.96. The van der Waals surface area contributed by atoms with Gasteiger partial charge in [0.2, 0.25) is 0 Å². The van der Waals surface area contributed by atoms with E-state index in [1.807, 2.05) is 13.0 Å². The smallest absolute Gasteiger partial charge is 0.341 e. The molecule has 0 radical (unpaired) electrons. The minimum Gasteiger partial charge on any atom is -0.477 e. The molecule has 0 unspecified atom stereocenters. The predicted octanol–water partition coefficient (Wildman–Crippen LogP) is 3.40. The lowest BCUT2D eigenvalue weighted by Crippen LogP contribution is -2.04. The number of pyridine rings is 1. The molecular formula is C15H16N2O3. The Morgan fingerprint density at radius 1 is 1.40 bits per heavy atom. The molecule has 0 bridgehead atoms. The van der Waals surface area contributed by atoms with Crippen LogP contribution in [0, 0.1) is 6.92 Å². The molecule has 0 spiro atoms. The maximum absolute atomic E-state index is 11.6. The SMILES string of the molecule is Cc1ccncc1-c1noc(C2CCCC2)c1C(=O)O. The number of rotatable bonds is 3. The molecule has 0 aliphatic heterocycles. The predicted molar refractivity (Wildman–Crippen MR) is 72.6 cm³/mol. The standard InChI is InChI=1S/C15H16N2O3/c1-9-6-7-16-8-11(9)13-12(15(18)19)14(20-17-13)10-4-2-3-5-10/h6-8,10H,2-5H2,1H3,(H,18,19). The molecule has 1 N–H and O–H groups in total. The zero-order chi connectivity index (χ0) is 14.1. The molecule has 0 aromatic carbocycles. The molecule has 2 heterocycles. The first-order chi connectivity index (χ1) is 9.68. The number of aromatic carboxylic acids is 1. The number of nitrogens with zero attached hydrogens (tertiary/aromatic N) is 2. The van der Waals surface area contributed by atoms with Crippen molar-refractivity contribution in [2.75, 3.05) is 0 Å². The van der Waals surface area contributed by atoms with E-state index in [-0.39, 0.29) is 11.5 Å². The molecule has 1 aliphatic rings. The third-order valence-corrected chi connectivity index (χ3v) is 3.95. The Balaban J connectivity index is 2.12. The van der Waals surface area contributed by atoms with Crippen molar-refractivity contribution in [3.05, 3.63) is 35.3 Å². The fraction of sp³-hybridized carbons (Fsp3) is 0.400. The van der Waals surface area contributed by atoms with Crippen LogP contribution >= 0.6 is 0 Å². The van der Waals surface area contributed by atoms with E-state index in [1.54, 1.807) is 12.4 Å². The van der Waals surface area contributed by atoms with Gasteiger partial charge in [0.1, 0.15) is 11.3 Å². The minimum atomic E-state index is -0.980. The lowest BCUT2D eigenvalue weighted by Gasteiger charge is -2.06. The van der Waals surface area contributed by atoms with E-state index in [2.05, 4.69) is 10.1 Å². The van der Waals surface area contributed by atoms with Gasteiger partial charge < -0.3 is 9.63 Å². The van der Waals surface area contributed by atoms with Gasteiger partial charge in [-0.25, -0.2) is 4.79 Å². The largest absolute Gasteiger partial charge is 0.477 e. The zero-order valence-electron chi connectivity index (χ0n) is 11.3. The van der Waals surface area contributed by atoms with Crippen molar-refractivity contribution in [1.82, 2.24) is 10.1 Å².